The number of carbonyl (C=O) groups is 1. The van der Waals surface area contributed by atoms with E-state index in [9.17, 15) is 4.79 Å². The molecule has 2 aliphatic heterocycles. The molecule has 0 saturated carbocycles. The molecule has 2 fully saturated rings. The Morgan fingerprint density at radius 1 is 0.655 bits per heavy atom. The summed E-state index contributed by atoms with van der Waals surface area (Å²) in [5.41, 5.74) is 19.3. The third-order valence-corrected chi connectivity index (χ3v) is 10.5. The van der Waals surface area contributed by atoms with Crippen molar-refractivity contribution in [3.63, 3.8) is 0 Å². The van der Waals surface area contributed by atoms with Gasteiger partial charge >= 0.3 is 0 Å². The van der Waals surface area contributed by atoms with Crippen molar-refractivity contribution >= 4 is 40.3 Å². The fraction of sp³-hybridized carbons (Fsp3) is 0.262. The zero-order chi connectivity index (χ0) is 39.6. The van der Waals surface area contributed by atoms with Crippen LogP contribution < -0.4 is 26.6 Å². The molecule has 10 rings (SSSR count). The summed E-state index contributed by atoms with van der Waals surface area (Å²) in [5.74, 6) is 3.00. The minimum absolute atomic E-state index is 0.256. The molecular formula is C42H43N13O3. The van der Waals surface area contributed by atoms with Crippen LogP contribution in [0.1, 0.15) is 32.6 Å². The van der Waals surface area contributed by atoms with Gasteiger partial charge in [-0.25, -0.2) is 19.9 Å². The van der Waals surface area contributed by atoms with Crippen molar-refractivity contribution in [3.8, 4) is 45.7 Å². The summed E-state index contributed by atoms with van der Waals surface area (Å²) in [6.45, 7) is 6.78. The van der Waals surface area contributed by atoms with Crippen molar-refractivity contribution in [2.45, 2.75) is 38.6 Å². The van der Waals surface area contributed by atoms with Crippen LogP contribution in [0.4, 0.5) is 23.3 Å². The Labute approximate surface area is 333 Å². The lowest BCUT2D eigenvalue weighted by Gasteiger charge is -2.34. The highest BCUT2D eigenvalue weighted by Gasteiger charge is 2.21. The lowest BCUT2D eigenvalue weighted by molar-refractivity contribution is -0.119. The van der Waals surface area contributed by atoms with E-state index in [1.54, 1.807) is 30.7 Å². The number of nitrogens with one attached hydrogen (secondary N) is 1. The number of nitrogens with two attached hydrogens (primary N) is 2. The van der Waals surface area contributed by atoms with Crippen molar-refractivity contribution in [3.05, 3.63) is 97.5 Å². The standard InChI is InChI=1S/C22H25N7O.C20H18N6O2/c1-2-24-16-8-10-28(11-9-16)17-6-3-5-15(13-17)18-14-20-26-21(19-7-4-12-30-19)27-29(20)22(23)25-18;21-20-22-16(12-18-23-19(24-26(18)20)17-5-2-10-28-17)13-3-1-4-14(11-13)25-8-6-15(27)7-9-25/h3-7,12-14,16,24H,2,8-11H2,1H3,(H2,23,25);1-5,10-12H,6-9H2,(H2,21,22). The number of benzene rings is 2. The van der Waals surface area contributed by atoms with Gasteiger partial charge in [0.2, 0.25) is 23.5 Å². The van der Waals surface area contributed by atoms with E-state index in [4.69, 9.17) is 20.3 Å². The van der Waals surface area contributed by atoms with E-state index < -0.39 is 0 Å². The Morgan fingerprint density at radius 2 is 1.16 bits per heavy atom. The fourth-order valence-electron chi connectivity index (χ4n) is 7.51. The van der Waals surface area contributed by atoms with Gasteiger partial charge in [-0.2, -0.15) is 9.03 Å². The average molecular weight is 778 g/mol. The number of nitrogens with zero attached hydrogens (tertiary/aromatic N) is 10. The van der Waals surface area contributed by atoms with Gasteiger partial charge in [-0.1, -0.05) is 31.2 Å². The van der Waals surface area contributed by atoms with Gasteiger partial charge in [0.25, 0.3) is 0 Å². The number of fused-ring (bicyclic) bond motifs is 2. The number of carbonyl (C=O) groups excluding carboxylic acids is 1. The number of aromatic nitrogens is 8. The van der Waals surface area contributed by atoms with Crippen LogP contribution in [0.25, 0.3) is 57.0 Å². The topological polar surface area (TPSA) is 200 Å². The molecular weight excluding hydrogens is 735 g/mol. The second-order valence-corrected chi connectivity index (χ2v) is 14.3. The maximum atomic E-state index is 11.5. The van der Waals surface area contributed by atoms with Crippen LogP contribution in [0.5, 0.6) is 0 Å². The largest absolute Gasteiger partial charge is 0.461 e. The lowest BCUT2D eigenvalue weighted by Crippen LogP contribution is -2.42. The Kier molecular flexibility index (Phi) is 9.97. The maximum Gasteiger partial charge on any atom is 0.223 e. The van der Waals surface area contributed by atoms with Gasteiger partial charge in [-0.05, 0) is 67.9 Å². The Morgan fingerprint density at radius 3 is 1.62 bits per heavy atom. The predicted octanol–water partition coefficient (Wildman–Crippen LogP) is 6.01. The summed E-state index contributed by atoms with van der Waals surface area (Å²) >= 11 is 0. The number of ketones is 1. The van der Waals surface area contributed by atoms with Crippen LogP contribution in [0.15, 0.2) is 106 Å². The average Bonchev–Trinajstić information content (AvgIpc) is 4.10. The highest BCUT2D eigenvalue weighted by Crippen LogP contribution is 2.30. The predicted molar refractivity (Wildman–Crippen MR) is 222 cm³/mol. The van der Waals surface area contributed by atoms with Crippen LogP contribution in [-0.4, -0.2) is 83.7 Å². The van der Waals surface area contributed by atoms with Gasteiger partial charge < -0.3 is 35.4 Å². The summed E-state index contributed by atoms with van der Waals surface area (Å²) < 4.78 is 13.8. The monoisotopic (exact) mass is 777 g/mol. The molecule has 2 aliphatic rings. The van der Waals surface area contributed by atoms with E-state index in [1.807, 2.05) is 36.4 Å². The molecule has 16 nitrogen and oxygen atoms in total. The number of rotatable bonds is 8. The van der Waals surface area contributed by atoms with Gasteiger partial charge in [0.1, 0.15) is 5.78 Å². The highest BCUT2D eigenvalue weighted by molar-refractivity contribution is 5.81. The maximum absolute atomic E-state index is 11.5. The Balaban J connectivity index is 0.000000151. The van der Waals surface area contributed by atoms with Crippen LogP contribution in [-0.2, 0) is 4.79 Å². The first-order chi connectivity index (χ1) is 28.4. The first-order valence-corrected chi connectivity index (χ1v) is 19.5. The number of piperidine rings is 2. The SMILES string of the molecule is CCNC1CCN(c2cccc(-c3cc4nc(-c5ccco5)nn4c(N)n3)c2)CC1.Nc1nc(-c2cccc(N3CCC(=O)CC3)c2)cc2nc(-c3ccco3)nn12. The van der Waals surface area contributed by atoms with E-state index in [-0.39, 0.29) is 5.95 Å². The third kappa shape index (κ3) is 7.56. The quantitative estimate of drug-likeness (QED) is 0.162. The second-order valence-electron chi connectivity index (χ2n) is 14.3. The second kappa shape index (κ2) is 15.8. The van der Waals surface area contributed by atoms with Crippen molar-refractivity contribution in [2.75, 3.05) is 54.0 Å². The minimum atomic E-state index is 0.256. The van der Waals surface area contributed by atoms with Crippen molar-refractivity contribution in [1.82, 2.24) is 44.5 Å². The minimum Gasteiger partial charge on any atom is -0.461 e. The first kappa shape index (κ1) is 36.6. The summed E-state index contributed by atoms with van der Waals surface area (Å²) in [6.07, 6.45) is 6.68. The number of nitrogen functional groups attached to an aromatic ring is 2. The summed E-state index contributed by atoms with van der Waals surface area (Å²) in [5, 5.41) is 12.3. The molecule has 58 heavy (non-hydrogen) atoms. The molecule has 8 heterocycles. The molecule has 0 bridgehead atoms. The normalized spacial score (nSPS) is 14.9. The molecule has 0 atom stereocenters. The first-order valence-electron chi connectivity index (χ1n) is 19.5. The highest BCUT2D eigenvalue weighted by atomic mass is 16.3. The molecule has 0 spiro atoms. The molecule has 2 saturated heterocycles. The van der Waals surface area contributed by atoms with Gasteiger partial charge in [-0.3, -0.25) is 4.79 Å². The number of furan rings is 2. The Hall–Kier alpha value is -7.07. The molecule has 0 amide bonds. The number of anilines is 4. The van der Waals surface area contributed by atoms with E-state index >= 15 is 0 Å². The van der Waals surface area contributed by atoms with E-state index in [2.05, 4.69) is 82.5 Å². The van der Waals surface area contributed by atoms with Crippen molar-refractivity contribution < 1.29 is 13.6 Å². The third-order valence-electron chi connectivity index (χ3n) is 10.5. The summed E-state index contributed by atoms with van der Waals surface area (Å²) in [7, 11) is 0. The molecule has 8 aromatic rings. The number of hydrogen-bond acceptors (Lipinski definition) is 14. The van der Waals surface area contributed by atoms with Crippen LogP contribution in [0, 0.1) is 0 Å². The van der Waals surface area contributed by atoms with Gasteiger partial charge in [-0.15, -0.1) is 10.2 Å². The van der Waals surface area contributed by atoms with Crippen LogP contribution in [0.2, 0.25) is 0 Å². The lowest BCUT2D eigenvalue weighted by atomic mass is 10.0. The smallest absolute Gasteiger partial charge is 0.223 e. The van der Waals surface area contributed by atoms with E-state index in [0.29, 0.717) is 65.1 Å². The molecule has 2 aromatic carbocycles. The zero-order valence-corrected chi connectivity index (χ0v) is 32.0. The molecule has 6 aromatic heterocycles. The van der Waals surface area contributed by atoms with Crippen molar-refractivity contribution in [2.24, 2.45) is 0 Å². The fourth-order valence-corrected chi connectivity index (χ4v) is 7.51. The molecule has 0 radical (unpaired) electrons. The van der Waals surface area contributed by atoms with E-state index in [1.165, 1.54) is 14.7 Å². The van der Waals surface area contributed by atoms with Crippen LogP contribution in [0.3, 0.4) is 0 Å². The summed E-state index contributed by atoms with van der Waals surface area (Å²) in [4.78, 5) is 34.3. The van der Waals surface area contributed by atoms with Crippen LogP contribution >= 0.6 is 0 Å². The number of Topliss-reactive ketones (excluding diaryl/α,β-unsaturated/α-hetero) is 1. The molecule has 5 N–H and O–H groups in total. The molecule has 0 aliphatic carbocycles. The van der Waals surface area contributed by atoms with E-state index in [0.717, 1.165) is 73.8 Å². The Bertz CT molecular complexity index is 2670. The van der Waals surface area contributed by atoms with Crippen molar-refractivity contribution in [1.29, 1.82) is 0 Å². The van der Waals surface area contributed by atoms with Gasteiger partial charge in [0.05, 0.1) is 23.9 Å². The zero-order valence-electron chi connectivity index (χ0n) is 32.0. The molecule has 0 unspecified atom stereocenters. The molecule has 294 valence electrons. The number of hydrogen-bond donors (Lipinski definition) is 3. The summed E-state index contributed by atoms with van der Waals surface area (Å²) in [6, 6.07) is 28.1. The molecule has 16 heteroatoms. The van der Waals surface area contributed by atoms with Gasteiger partial charge in [0, 0.05) is 79.7 Å². The van der Waals surface area contributed by atoms with Gasteiger partial charge in [0.15, 0.2) is 22.8 Å².